The maximum Gasteiger partial charge on any atom is 0.403 e. The summed E-state index contributed by atoms with van der Waals surface area (Å²) in [5.41, 5.74) is 0. The molecule has 8 heteroatoms. The SMILES string of the molecule is FC(F)(F)CCOCC(Br)C(F)(F)F. The number of halogens is 7. The van der Waals surface area contributed by atoms with Crippen molar-refractivity contribution in [3.05, 3.63) is 0 Å². The van der Waals surface area contributed by atoms with Crippen LogP contribution in [0.3, 0.4) is 0 Å². The van der Waals surface area contributed by atoms with Gasteiger partial charge in [-0.3, -0.25) is 0 Å². The summed E-state index contributed by atoms with van der Waals surface area (Å²) in [6.07, 6.45) is -10.1. The molecule has 86 valence electrons. The van der Waals surface area contributed by atoms with Crippen molar-refractivity contribution in [1.29, 1.82) is 0 Å². The van der Waals surface area contributed by atoms with Gasteiger partial charge in [-0.25, -0.2) is 0 Å². The van der Waals surface area contributed by atoms with E-state index in [0.29, 0.717) is 0 Å². The number of hydrogen-bond donors (Lipinski definition) is 0. The second-order valence-electron chi connectivity index (χ2n) is 2.45. The molecule has 0 saturated heterocycles. The van der Waals surface area contributed by atoms with Gasteiger partial charge in [0.2, 0.25) is 0 Å². The first kappa shape index (κ1) is 14.0. The van der Waals surface area contributed by atoms with Gasteiger partial charge >= 0.3 is 12.4 Å². The predicted octanol–water partition coefficient (Wildman–Crippen LogP) is 3.28. The van der Waals surface area contributed by atoms with Crippen LogP contribution < -0.4 is 0 Å². The lowest BCUT2D eigenvalue weighted by molar-refractivity contribution is -0.154. The van der Waals surface area contributed by atoms with Crippen molar-refractivity contribution >= 4 is 15.9 Å². The monoisotopic (exact) mass is 288 g/mol. The Hall–Kier alpha value is 0.0200. The molecule has 0 fully saturated rings. The molecule has 0 aliphatic rings. The van der Waals surface area contributed by atoms with Crippen LogP contribution in [0.5, 0.6) is 0 Å². The molecule has 14 heavy (non-hydrogen) atoms. The van der Waals surface area contributed by atoms with Crippen LogP contribution in [0.15, 0.2) is 0 Å². The van der Waals surface area contributed by atoms with E-state index >= 15 is 0 Å². The molecule has 0 aromatic carbocycles. The normalized spacial score (nSPS) is 15.6. The van der Waals surface area contributed by atoms with Crippen LogP contribution in [-0.2, 0) is 4.74 Å². The van der Waals surface area contributed by atoms with Crippen LogP contribution in [0, 0.1) is 0 Å². The molecule has 0 amide bonds. The summed E-state index contributed by atoms with van der Waals surface area (Å²) in [5, 5.41) is 0. The van der Waals surface area contributed by atoms with E-state index in [2.05, 4.69) is 20.7 Å². The van der Waals surface area contributed by atoms with Crippen LogP contribution in [0.1, 0.15) is 6.42 Å². The number of hydrogen-bond acceptors (Lipinski definition) is 1. The molecule has 0 saturated carbocycles. The maximum atomic E-state index is 11.8. The molecule has 0 aromatic heterocycles. The van der Waals surface area contributed by atoms with Gasteiger partial charge in [0.05, 0.1) is 19.6 Å². The van der Waals surface area contributed by atoms with E-state index < -0.39 is 36.8 Å². The van der Waals surface area contributed by atoms with Crippen LogP contribution in [-0.4, -0.2) is 30.4 Å². The Bertz CT molecular complexity index is 165. The van der Waals surface area contributed by atoms with Crippen molar-refractivity contribution in [2.75, 3.05) is 13.2 Å². The van der Waals surface area contributed by atoms with E-state index in [0.717, 1.165) is 0 Å². The van der Waals surface area contributed by atoms with Gasteiger partial charge in [-0.2, -0.15) is 26.3 Å². The van der Waals surface area contributed by atoms with Gasteiger partial charge in [0, 0.05) is 0 Å². The molecule has 0 radical (unpaired) electrons. The minimum Gasteiger partial charge on any atom is -0.380 e. The molecular formula is C6H7BrF6O. The molecule has 0 heterocycles. The van der Waals surface area contributed by atoms with E-state index in [1.807, 2.05) is 0 Å². The van der Waals surface area contributed by atoms with Crippen LogP contribution in [0.2, 0.25) is 0 Å². The van der Waals surface area contributed by atoms with Gasteiger partial charge in [0.1, 0.15) is 4.83 Å². The molecule has 0 rings (SSSR count). The highest BCUT2D eigenvalue weighted by atomic mass is 79.9. The molecule has 0 aromatic rings. The summed E-state index contributed by atoms with van der Waals surface area (Å²) in [6.45, 7) is -1.58. The van der Waals surface area contributed by atoms with Gasteiger partial charge < -0.3 is 4.74 Å². The van der Waals surface area contributed by atoms with Crippen molar-refractivity contribution in [1.82, 2.24) is 0 Å². The largest absolute Gasteiger partial charge is 0.403 e. The standard InChI is InChI=1S/C6H7BrF6O/c7-4(6(11,12)13)3-14-2-1-5(8,9)10/h4H,1-3H2. The third-order valence-electron chi connectivity index (χ3n) is 1.15. The minimum absolute atomic E-state index is 0.762. The van der Waals surface area contributed by atoms with Crippen molar-refractivity contribution in [3.63, 3.8) is 0 Å². The molecule has 1 atom stereocenters. The van der Waals surface area contributed by atoms with E-state index in [4.69, 9.17) is 0 Å². The molecule has 0 aliphatic heterocycles. The Morgan fingerprint density at radius 3 is 1.93 bits per heavy atom. The maximum absolute atomic E-state index is 11.8. The summed E-state index contributed by atoms with van der Waals surface area (Å²) in [6, 6.07) is 0. The lowest BCUT2D eigenvalue weighted by atomic mass is 10.4. The lowest BCUT2D eigenvalue weighted by Crippen LogP contribution is -2.28. The third kappa shape index (κ3) is 7.43. The fraction of sp³-hybridized carbons (Fsp3) is 1.00. The second-order valence-corrected chi connectivity index (χ2v) is 3.55. The fourth-order valence-electron chi connectivity index (χ4n) is 0.469. The average Bonchev–Trinajstić information content (AvgIpc) is 1.93. The molecule has 0 spiro atoms. The molecule has 0 N–H and O–H groups in total. The fourth-order valence-corrected chi connectivity index (χ4v) is 0.656. The first-order chi connectivity index (χ1) is 6.13. The van der Waals surface area contributed by atoms with Gasteiger partial charge in [0.15, 0.2) is 0 Å². The quantitative estimate of drug-likeness (QED) is 0.438. The second kappa shape index (κ2) is 5.20. The number of rotatable bonds is 4. The Morgan fingerprint density at radius 2 is 1.57 bits per heavy atom. The summed E-state index contributed by atoms with van der Waals surface area (Å²) in [7, 11) is 0. The average molecular weight is 289 g/mol. The Kier molecular flexibility index (Phi) is 5.21. The van der Waals surface area contributed by atoms with Crippen molar-refractivity contribution in [2.24, 2.45) is 0 Å². The minimum atomic E-state index is -4.50. The summed E-state index contributed by atoms with van der Waals surface area (Å²) in [5.74, 6) is 0. The predicted molar refractivity (Wildman–Crippen MR) is 40.3 cm³/mol. The first-order valence-electron chi connectivity index (χ1n) is 3.48. The number of ether oxygens (including phenoxy) is 1. The zero-order valence-electron chi connectivity index (χ0n) is 6.75. The molecule has 0 aliphatic carbocycles. The first-order valence-corrected chi connectivity index (χ1v) is 4.40. The third-order valence-corrected chi connectivity index (χ3v) is 1.93. The topological polar surface area (TPSA) is 9.23 Å². The summed E-state index contributed by atoms with van der Waals surface area (Å²) in [4.78, 5) is -1.93. The number of alkyl halides is 7. The summed E-state index contributed by atoms with van der Waals surface area (Å²) >= 11 is 2.25. The van der Waals surface area contributed by atoms with Gasteiger partial charge in [-0.15, -0.1) is 0 Å². The van der Waals surface area contributed by atoms with Gasteiger partial charge in [-0.1, -0.05) is 15.9 Å². The summed E-state index contributed by atoms with van der Waals surface area (Å²) < 4.78 is 74.0. The molecule has 1 nitrogen and oxygen atoms in total. The zero-order valence-corrected chi connectivity index (χ0v) is 8.34. The van der Waals surface area contributed by atoms with Gasteiger partial charge in [0.25, 0.3) is 0 Å². The van der Waals surface area contributed by atoms with Crippen LogP contribution in [0.4, 0.5) is 26.3 Å². The van der Waals surface area contributed by atoms with Crippen molar-refractivity contribution in [2.45, 2.75) is 23.6 Å². The lowest BCUT2D eigenvalue weighted by Gasteiger charge is -2.14. The highest BCUT2D eigenvalue weighted by molar-refractivity contribution is 9.09. The van der Waals surface area contributed by atoms with Crippen LogP contribution >= 0.6 is 15.9 Å². The van der Waals surface area contributed by atoms with Crippen LogP contribution in [0.25, 0.3) is 0 Å². The Morgan fingerprint density at radius 1 is 1.07 bits per heavy atom. The smallest absolute Gasteiger partial charge is 0.380 e. The van der Waals surface area contributed by atoms with Crippen molar-refractivity contribution < 1.29 is 31.1 Å². The van der Waals surface area contributed by atoms with Crippen molar-refractivity contribution in [3.8, 4) is 0 Å². The van der Waals surface area contributed by atoms with E-state index in [-0.39, 0.29) is 0 Å². The highest BCUT2D eigenvalue weighted by Gasteiger charge is 2.38. The highest BCUT2D eigenvalue weighted by Crippen LogP contribution is 2.26. The van der Waals surface area contributed by atoms with E-state index in [1.54, 1.807) is 0 Å². The van der Waals surface area contributed by atoms with Gasteiger partial charge in [-0.05, 0) is 0 Å². The van der Waals surface area contributed by atoms with E-state index in [9.17, 15) is 26.3 Å². The zero-order chi connectivity index (χ0) is 11.4. The molecular weight excluding hydrogens is 282 g/mol. The molecule has 0 bridgehead atoms. The molecule has 1 unspecified atom stereocenters. The van der Waals surface area contributed by atoms with E-state index in [1.165, 1.54) is 0 Å². The Labute approximate surface area is 84.5 Å². The Balaban J connectivity index is 3.56.